The van der Waals surface area contributed by atoms with E-state index in [0.29, 0.717) is 0 Å². The van der Waals surface area contributed by atoms with E-state index in [-0.39, 0.29) is 18.6 Å². The van der Waals surface area contributed by atoms with Crippen molar-refractivity contribution in [2.75, 3.05) is 36.7 Å². The monoisotopic (exact) mass is 386 g/mol. The van der Waals surface area contributed by atoms with E-state index in [4.69, 9.17) is 0 Å². The van der Waals surface area contributed by atoms with E-state index in [1.54, 1.807) is 0 Å². The Bertz CT molecular complexity index is 550. The molecule has 21 heavy (non-hydrogen) atoms. The fourth-order valence-electron chi connectivity index (χ4n) is 0.977. The highest BCUT2D eigenvalue weighted by atomic mass is 32.2. The van der Waals surface area contributed by atoms with Crippen LogP contribution >= 0.6 is 0 Å². The molecule has 2 atom stereocenters. The van der Waals surface area contributed by atoms with Crippen LogP contribution in [0.3, 0.4) is 0 Å². The molecule has 0 N–H and O–H groups in total. The van der Waals surface area contributed by atoms with Gasteiger partial charge in [-0.25, -0.2) is 4.21 Å². The number of hydrogen-bond donors (Lipinski definition) is 0. The first-order valence-corrected chi connectivity index (χ1v) is 11.7. The molecule has 0 rings (SSSR count). The molecular formula is C8H18O9S4. The van der Waals surface area contributed by atoms with Gasteiger partial charge >= 0.3 is 0 Å². The number of hydrogen-bond acceptors (Lipinski definition) is 9. The van der Waals surface area contributed by atoms with Crippen LogP contribution in [0.1, 0.15) is 12.8 Å². The van der Waals surface area contributed by atoms with E-state index in [1.165, 1.54) is 6.26 Å². The van der Waals surface area contributed by atoms with Gasteiger partial charge < -0.3 is 0 Å². The molecule has 0 spiro atoms. The molecule has 0 aromatic heterocycles. The summed E-state index contributed by atoms with van der Waals surface area (Å²) in [6.45, 7) is 0. The van der Waals surface area contributed by atoms with Crippen LogP contribution in [0.15, 0.2) is 0 Å². The summed E-state index contributed by atoms with van der Waals surface area (Å²) in [5, 5.41) is 0. The predicted molar refractivity (Wildman–Crippen MR) is 77.9 cm³/mol. The summed E-state index contributed by atoms with van der Waals surface area (Å²) in [4.78, 5) is 0. The second kappa shape index (κ2) is 9.97. The molecule has 0 radical (unpaired) electrons. The Morgan fingerprint density at radius 3 is 1.67 bits per heavy atom. The van der Waals surface area contributed by atoms with Crippen LogP contribution in [-0.4, -0.2) is 62.0 Å². The third-order valence-corrected chi connectivity index (χ3v) is 5.90. The van der Waals surface area contributed by atoms with Gasteiger partial charge in [0.25, 0.3) is 20.2 Å². The molecule has 0 amide bonds. The first-order chi connectivity index (χ1) is 9.58. The third-order valence-electron chi connectivity index (χ3n) is 1.94. The zero-order chi connectivity index (χ0) is 16.5. The SMILES string of the molecule is COS(=O)COS(=O)(=O)CCCCS(=O)(=O)OCS(C)=O. The van der Waals surface area contributed by atoms with Gasteiger partial charge in [-0.3, -0.25) is 16.8 Å². The van der Waals surface area contributed by atoms with Crippen molar-refractivity contribution in [1.82, 2.24) is 0 Å². The lowest BCUT2D eigenvalue weighted by Gasteiger charge is -2.05. The molecule has 0 aromatic rings. The summed E-state index contributed by atoms with van der Waals surface area (Å²) in [5.41, 5.74) is 0. The van der Waals surface area contributed by atoms with Crippen LogP contribution in [0.5, 0.6) is 0 Å². The molecule has 0 saturated carbocycles. The zero-order valence-electron chi connectivity index (χ0n) is 11.5. The highest BCUT2D eigenvalue weighted by Crippen LogP contribution is 2.04. The molecule has 0 aromatic carbocycles. The highest BCUT2D eigenvalue weighted by Gasteiger charge is 2.16. The smallest absolute Gasteiger partial charge is 0.268 e. The Morgan fingerprint density at radius 2 is 1.29 bits per heavy atom. The molecule has 0 heterocycles. The van der Waals surface area contributed by atoms with E-state index in [0.717, 1.165) is 7.11 Å². The fourth-order valence-corrected chi connectivity index (χ4v) is 4.45. The summed E-state index contributed by atoms with van der Waals surface area (Å²) in [6, 6.07) is 0. The van der Waals surface area contributed by atoms with Crippen molar-refractivity contribution < 1.29 is 37.8 Å². The van der Waals surface area contributed by atoms with Gasteiger partial charge in [0, 0.05) is 17.1 Å². The summed E-state index contributed by atoms with van der Waals surface area (Å²) in [5.74, 6) is -1.83. The quantitative estimate of drug-likeness (QED) is 0.308. The second-order valence-corrected chi connectivity index (χ2v) is 9.82. The topological polar surface area (TPSA) is 130 Å². The van der Waals surface area contributed by atoms with E-state index < -0.39 is 59.7 Å². The Labute approximate surface area is 129 Å². The summed E-state index contributed by atoms with van der Waals surface area (Å²) in [7, 11) is -7.97. The van der Waals surface area contributed by atoms with Gasteiger partial charge in [0.15, 0.2) is 17.0 Å². The van der Waals surface area contributed by atoms with Gasteiger partial charge in [-0.1, -0.05) is 0 Å². The van der Waals surface area contributed by atoms with E-state index in [9.17, 15) is 25.3 Å². The minimum atomic E-state index is -3.89. The molecule has 9 nitrogen and oxygen atoms in total. The van der Waals surface area contributed by atoms with Gasteiger partial charge in [0.1, 0.15) is 5.94 Å². The minimum Gasteiger partial charge on any atom is -0.292 e. The molecule has 0 bridgehead atoms. The lowest BCUT2D eigenvalue weighted by Crippen LogP contribution is -2.17. The molecule has 0 saturated heterocycles. The molecule has 13 heteroatoms. The van der Waals surface area contributed by atoms with Crippen molar-refractivity contribution in [2.24, 2.45) is 0 Å². The lowest BCUT2D eigenvalue weighted by atomic mass is 10.4. The summed E-state index contributed by atoms with van der Waals surface area (Å²) in [6.07, 6.45) is 1.36. The van der Waals surface area contributed by atoms with Gasteiger partial charge in [0.05, 0.1) is 18.6 Å². The molecule has 0 aliphatic carbocycles. The van der Waals surface area contributed by atoms with Crippen molar-refractivity contribution in [1.29, 1.82) is 0 Å². The maximum absolute atomic E-state index is 11.4. The summed E-state index contributed by atoms with van der Waals surface area (Å²) < 4.78 is 80.1. The van der Waals surface area contributed by atoms with Crippen LogP contribution in [0.25, 0.3) is 0 Å². The zero-order valence-corrected chi connectivity index (χ0v) is 14.8. The predicted octanol–water partition coefficient (Wildman–Crippen LogP) is -0.937. The maximum Gasteiger partial charge on any atom is 0.268 e. The molecule has 0 aliphatic rings. The first kappa shape index (κ1) is 21.1. The highest BCUT2D eigenvalue weighted by molar-refractivity contribution is 7.88. The largest absolute Gasteiger partial charge is 0.292 e. The molecular weight excluding hydrogens is 368 g/mol. The van der Waals surface area contributed by atoms with Gasteiger partial charge in [-0.15, -0.1) is 0 Å². The van der Waals surface area contributed by atoms with Crippen molar-refractivity contribution in [3.63, 3.8) is 0 Å². The Balaban J connectivity index is 4.03. The molecule has 2 unspecified atom stereocenters. The van der Waals surface area contributed by atoms with Crippen LogP contribution in [-0.2, 0) is 54.7 Å². The van der Waals surface area contributed by atoms with Crippen LogP contribution in [0.2, 0.25) is 0 Å². The normalized spacial score (nSPS) is 15.7. The Morgan fingerprint density at radius 1 is 0.857 bits per heavy atom. The molecule has 0 aliphatic heterocycles. The molecule has 0 fully saturated rings. The van der Waals surface area contributed by atoms with Gasteiger partial charge in [-0.05, 0) is 12.8 Å². The number of rotatable bonds is 12. The van der Waals surface area contributed by atoms with Crippen molar-refractivity contribution >= 4 is 42.1 Å². The van der Waals surface area contributed by atoms with Crippen LogP contribution in [0, 0.1) is 0 Å². The van der Waals surface area contributed by atoms with Gasteiger partial charge in [0.2, 0.25) is 0 Å². The second-order valence-electron chi connectivity index (χ2n) is 3.75. The van der Waals surface area contributed by atoms with Gasteiger partial charge in [-0.2, -0.15) is 16.8 Å². The van der Waals surface area contributed by atoms with E-state index >= 15 is 0 Å². The number of unbranched alkanes of at least 4 members (excludes halogenated alkanes) is 1. The minimum absolute atomic E-state index is 0.0275. The van der Waals surface area contributed by atoms with Crippen molar-refractivity contribution in [3.05, 3.63) is 0 Å². The Kier molecular flexibility index (Phi) is 10.0. The fraction of sp³-hybridized carbons (Fsp3) is 1.00. The van der Waals surface area contributed by atoms with Crippen molar-refractivity contribution in [3.8, 4) is 0 Å². The summed E-state index contributed by atoms with van der Waals surface area (Å²) >= 11 is -1.85. The third kappa shape index (κ3) is 12.3. The first-order valence-electron chi connectivity index (χ1n) is 5.55. The van der Waals surface area contributed by atoms with Crippen LogP contribution < -0.4 is 0 Å². The van der Waals surface area contributed by atoms with Crippen molar-refractivity contribution in [2.45, 2.75) is 12.8 Å². The maximum atomic E-state index is 11.4. The standard InChI is InChI=1S/C8H18O9S4/c1-15-19(10)8-17-21(13,14)6-4-3-5-20(11,12)16-7-18(2)9/h3-8H2,1-2H3. The molecule has 128 valence electrons. The average Bonchev–Trinajstić information content (AvgIpc) is 2.39. The van der Waals surface area contributed by atoms with E-state index in [2.05, 4.69) is 12.5 Å². The van der Waals surface area contributed by atoms with E-state index in [1.807, 2.05) is 0 Å². The Hall–Kier alpha value is 0.0800. The lowest BCUT2D eigenvalue weighted by molar-refractivity contribution is 0.350. The van der Waals surface area contributed by atoms with Crippen LogP contribution in [0.4, 0.5) is 0 Å². The average molecular weight is 386 g/mol.